The van der Waals surface area contributed by atoms with Crippen LogP contribution >= 0.6 is 0 Å². The highest BCUT2D eigenvalue weighted by atomic mass is 15.3. The molecule has 1 aromatic carbocycles. The van der Waals surface area contributed by atoms with E-state index >= 15 is 0 Å². The fraction of sp³-hybridized carbons (Fsp3) is 0.176. The van der Waals surface area contributed by atoms with Crippen molar-refractivity contribution in [3.8, 4) is 16.9 Å². The van der Waals surface area contributed by atoms with Gasteiger partial charge in [0.25, 0.3) is 0 Å². The zero-order valence-corrected chi connectivity index (χ0v) is 12.2. The van der Waals surface area contributed by atoms with Crippen LogP contribution in [-0.4, -0.2) is 14.8 Å². The van der Waals surface area contributed by atoms with Crippen LogP contribution < -0.4 is 5.73 Å². The molecule has 0 saturated heterocycles. The van der Waals surface area contributed by atoms with E-state index in [0.29, 0.717) is 6.54 Å². The van der Waals surface area contributed by atoms with E-state index in [4.69, 9.17) is 5.73 Å². The zero-order chi connectivity index (χ0) is 14.8. The van der Waals surface area contributed by atoms with Crippen molar-refractivity contribution in [3.05, 3.63) is 65.6 Å². The van der Waals surface area contributed by atoms with Crippen LogP contribution in [0.25, 0.3) is 16.9 Å². The first-order valence-electron chi connectivity index (χ1n) is 6.96. The van der Waals surface area contributed by atoms with E-state index < -0.39 is 0 Å². The molecule has 2 heterocycles. The molecule has 0 atom stereocenters. The molecule has 0 fully saturated rings. The Morgan fingerprint density at radius 3 is 2.67 bits per heavy atom. The highest BCUT2D eigenvalue weighted by molar-refractivity contribution is 5.62. The van der Waals surface area contributed by atoms with Gasteiger partial charge in [-0.2, -0.15) is 5.10 Å². The fourth-order valence-corrected chi connectivity index (χ4v) is 2.48. The van der Waals surface area contributed by atoms with Crippen molar-refractivity contribution in [1.29, 1.82) is 0 Å². The third kappa shape index (κ3) is 2.58. The summed E-state index contributed by atoms with van der Waals surface area (Å²) in [4.78, 5) is 4.20. The van der Waals surface area contributed by atoms with Gasteiger partial charge in [-0.25, -0.2) is 4.68 Å². The van der Waals surface area contributed by atoms with Gasteiger partial charge in [0.2, 0.25) is 0 Å². The topological polar surface area (TPSA) is 56.7 Å². The molecule has 2 aromatic heterocycles. The highest BCUT2D eigenvalue weighted by Gasteiger charge is 2.12. The summed E-state index contributed by atoms with van der Waals surface area (Å²) in [7, 11) is 0. The minimum Gasteiger partial charge on any atom is -0.325 e. The molecule has 21 heavy (non-hydrogen) atoms. The molecule has 0 saturated carbocycles. The summed E-state index contributed by atoms with van der Waals surface area (Å²) in [5.41, 5.74) is 12.2. The summed E-state index contributed by atoms with van der Waals surface area (Å²) in [6.07, 6.45) is 3.61. The van der Waals surface area contributed by atoms with Gasteiger partial charge in [-0.15, -0.1) is 0 Å². The SMILES string of the molecule is Cc1ccc(-n2nc(CN)cc2-c2cccnc2)c(C)c1. The minimum absolute atomic E-state index is 0.422. The van der Waals surface area contributed by atoms with E-state index in [2.05, 4.69) is 42.1 Å². The molecule has 3 rings (SSSR count). The minimum atomic E-state index is 0.422. The van der Waals surface area contributed by atoms with E-state index in [9.17, 15) is 0 Å². The molecule has 0 spiro atoms. The van der Waals surface area contributed by atoms with Crippen LogP contribution in [0.2, 0.25) is 0 Å². The third-order valence-electron chi connectivity index (χ3n) is 3.51. The largest absolute Gasteiger partial charge is 0.325 e. The average Bonchev–Trinajstić information content (AvgIpc) is 2.92. The Hall–Kier alpha value is -2.46. The Balaban J connectivity index is 2.20. The van der Waals surface area contributed by atoms with Gasteiger partial charge in [-0.3, -0.25) is 4.98 Å². The standard InChI is InChI=1S/C17H18N4/c1-12-5-6-16(13(2)8-12)21-17(9-15(10-18)20-21)14-4-3-7-19-11-14/h3-9,11H,10,18H2,1-2H3. The Morgan fingerprint density at radius 1 is 1.14 bits per heavy atom. The maximum atomic E-state index is 5.76. The normalized spacial score (nSPS) is 10.8. The van der Waals surface area contributed by atoms with Gasteiger partial charge in [0.1, 0.15) is 0 Å². The van der Waals surface area contributed by atoms with Crippen molar-refractivity contribution >= 4 is 0 Å². The van der Waals surface area contributed by atoms with Gasteiger partial charge in [0.05, 0.1) is 17.1 Å². The monoisotopic (exact) mass is 278 g/mol. The summed E-state index contributed by atoms with van der Waals surface area (Å²) in [5, 5.41) is 4.63. The molecule has 0 radical (unpaired) electrons. The average molecular weight is 278 g/mol. The quantitative estimate of drug-likeness (QED) is 0.801. The third-order valence-corrected chi connectivity index (χ3v) is 3.51. The number of hydrogen-bond donors (Lipinski definition) is 1. The van der Waals surface area contributed by atoms with Gasteiger partial charge in [-0.05, 0) is 43.7 Å². The molecule has 0 amide bonds. The molecule has 0 aliphatic heterocycles. The maximum absolute atomic E-state index is 5.76. The van der Waals surface area contributed by atoms with E-state index in [-0.39, 0.29) is 0 Å². The molecule has 3 aromatic rings. The van der Waals surface area contributed by atoms with E-state index in [1.807, 2.05) is 29.1 Å². The Bertz CT molecular complexity index is 760. The fourth-order valence-electron chi connectivity index (χ4n) is 2.48. The number of hydrogen-bond acceptors (Lipinski definition) is 3. The molecule has 106 valence electrons. The summed E-state index contributed by atoms with van der Waals surface area (Å²) in [6, 6.07) is 12.3. The molecular weight excluding hydrogens is 260 g/mol. The summed E-state index contributed by atoms with van der Waals surface area (Å²) in [5.74, 6) is 0. The molecule has 0 aliphatic carbocycles. The second kappa shape index (κ2) is 5.50. The predicted molar refractivity (Wildman–Crippen MR) is 84.2 cm³/mol. The molecular formula is C17H18N4. The van der Waals surface area contributed by atoms with Gasteiger partial charge in [-0.1, -0.05) is 17.7 Å². The second-order valence-electron chi connectivity index (χ2n) is 5.17. The van der Waals surface area contributed by atoms with Gasteiger partial charge in [0, 0.05) is 24.5 Å². The van der Waals surface area contributed by atoms with Gasteiger partial charge < -0.3 is 5.73 Å². The van der Waals surface area contributed by atoms with Gasteiger partial charge in [0.15, 0.2) is 0 Å². The van der Waals surface area contributed by atoms with E-state index in [1.54, 1.807) is 6.20 Å². The number of nitrogens with two attached hydrogens (primary N) is 1. The number of pyridine rings is 1. The van der Waals surface area contributed by atoms with Crippen molar-refractivity contribution in [2.45, 2.75) is 20.4 Å². The van der Waals surface area contributed by atoms with Crippen molar-refractivity contribution in [2.75, 3.05) is 0 Å². The van der Waals surface area contributed by atoms with Crippen molar-refractivity contribution in [2.24, 2.45) is 5.73 Å². The zero-order valence-electron chi connectivity index (χ0n) is 12.2. The van der Waals surface area contributed by atoms with Crippen LogP contribution in [0.3, 0.4) is 0 Å². The lowest BCUT2D eigenvalue weighted by Gasteiger charge is -2.11. The van der Waals surface area contributed by atoms with Gasteiger partial charge >= 0.3 is 0 Å². The number of aryl methyl sites for hydroxylation is 2. The smallest absolute Gasteiger partial charge is 0.0771 e. The molecule has 0 bridgehead atoms. The lowest BCUT2D eigenvalue weighted by atomic mass is 10.1. The van der Waals surface area contributed by atoms with Crippen molar-refractivity contribution in [3.63, 3.8) is 0 Å². The van der Waals surface area contributed by atoms with Crippen LogP contribution in [0.5, 0.6) is 0 Å². The second-order valence-corrected chi connectivity index (χ2v) is 5.17. The molecule has 0 unspecified atom stereocenters. The van der Waals surface area contributed by atoms with Crippen LogP contribution in [0, 0.1) is 13.8 Å². The lowest BCUT2D eigenvalue weighted by molar-refractivity contribution is 0.833. The van der Waals surface area contributed by atoms with E-state index in [0.717, 1.165) is 22.6 Å². The Kier molecular flexibility index (Phi) is 3.54. The Labute approximate surface area is 124 Å². The van der Waals surface area contributed by atoms with Crippen LogP contribution in [0.15, 0.2) is 48.8 Å². The molecule has 4 nitrogen and oxygen atoms in total. The number of rotatable bonds is 3. The Morgan fingerprint density at radius 2 is 2.00 bits per heavy atom. The number of benzene rings is 1. The van der Waals surface area contributed by atoms with Crippen molar-refractivity contribution in [1.82, 2.24) is 14.8 Å². The van der Waals surface area contributed by atoms with Crippen molar-refractivity contribution < 1.29 is 0 Å². The first-order valence-corrected chi connectivity index (χ1v) is 6.96. The lowest BCUT2D eigenvalue weighted by Crippen LogP contribution is -2.03. The van der Waals surface area contributed by atoms with Crippen LogP contribution in [-0.2, 0) is 6.54 Å². The predicted octanol–water partition coefficient (Wildman–Crippen LogP) is 3.01. The summed E-state index contributed by atoms with van der Waals surface area (Å²) < 4.78 is 1.95. The summed E-state index contributed by atoms with van der Waals surface area (Å²) in [6.45, 7) is 4.61. The first kappa shape index (κ1) is 13.5. The number of aromatic nitrogens is 3. The highest BCUT2D eigenvalue weighted by Crippen LogP contribution is 2.25. The number of nitrogens with zero attached hydrogens (tertiary/aromatic N) is 3. The maximum Gasteiger partial charge on any atom is 0.0771 e. The molecule has 0 aliphatic rings. The van der Waals surface area contributed by atoms with Crippen LogP contribution in [0.1, 0.15) is 16.8 Å². The summed E-state index contributed by atoms with van der Waals surface area (Å²) >= 11 is 0. The molecule has 2 N–H and O–H groups in total. The first-order chi connectivity index (χ1) is 10.2. The van der Waals surface area contributed by atoms with Crippen LogP contribution in [0.4, 0.5) is 0 Å². The van der Waals surface area contributed by atoms with E-state index in [1.165, 1.54) is 11.1 Å². The molecule has 4 heteroatoms.